The summed E-state index contributed by atoms with van der Waals surface area (Å²) in [7, 11) is -2.94. The van der Waals surface area contributed by atoms with Crippen LogP contribution in [-0.2, 0) is 15.9 Å². The van der Waals surface area contributed by atoms with Crippen molar-refractivity contribution in [3.05, 3.63) is 162 Å². The van der Waals surface area contributed by atoms with Gasteiger partial charge in [-0.15, -0.1) is 0 Å². The van der Waals surface area contributed by atoms with Crippen LogP contribution in [0.3, 0.4) is 0 Å². The largest absolute Gasteiger partial charge is 0.534 e. The van der Waals surface area contributed by atoms with Gasteiger partial charge in [0.15, 0.2) is 0 Å². The molecule has 1 fully saturated rings. The van der Waals surface area contributed by atoms with Crippen LogP contribution in [0, 0.1) is 0 Å². The number of rotatable bonds is 8. The van der Waals surface area contributed by atoms with Crippen molar-refractivity contribution >= 4 is 30.9 Å². The average molecular weight is 735 g/mol. The van der Waals surface area contributed by atoms with E-state index in [9.17, 15) is 9.59 Å². The monoisotopic (exact) mass is 734 g/mol. The van der Waals surface area contributed by atoms with Crippen LogP contribution in [0.1, 0.15) is 55.0 Å². The fourth-order valence-corrected chi connectivity index (χ4v) is 13.3. The first-order chi connectivity index (χ1) is 26.2. The lowest BCUT2D eigenvalue weighted by molar-refractivity contribution is 0.00301. The van der Waals surface area contributed by atoms with Crippen molar-refractivity contribution in [2.24, 2.45) is 0 Å². The number of ether oxygens (including phenoxy) is 2. The number of hydrogen-bond acceptors (Lipinski definition) is 5. The molecule has 0 radical (unpaired) electrons. The first kappa shape index (κ1) is 35.4. The molecule has 2 heterocycles. The maximum atomic E-state index is 14.4. The number of hydrogen-bond donors (Lipinski definition) is 0. The summed E-state index contributed by atoms with van der Waals surface area (Å²) in [6, 6.07) is 43.4. The van der Waals surface area contributed by atoms with Crippen LogP contribution in [0.15, 0.2) is 140 Å². The van der Waals surface area contributed by atoms with Crippen molar-refractivity contribution in [1.82, 2.24) is 9.80 Å². The zero-order valence-electron chi connectivity index (χ0n) is 31.1. The Labute approximate surface area is 318 Å². The molecule has 2 atom stereocenters. The molecule has 1 aliphatic carbocycles. The first-order valence-electron chi connectivity index (χ1n) is 18.8. The van der Waals surface area contributed by atoms with Crippen molar-refractivity contribution in [2.75, 3.05) is 26.3 Å². The van der Waals surface area contributed by atoms with E-state index in [2.05, 4.69) is 118 Å². The number of benzene rings is 5. The Morgan fingerprint density at radius 2 is 1.33 bits per heavy atom. The number of carbonyl (C=O) groups excluding carboxylic acids is 2. The topological polar surface area (TPSA) is 68.3 Å². The van der Waals surface area contributed by atoms with Gasteiger partial charge in [0.25, 0.3) is 0 Å². The van der Waals surface area contributed by atoms with E-state index in [-0.39, 0.29) is 42.8 Å². The molecule has 8 heteroatoms. The Kier molecular flexibility index (Phi) is 9.40. The van der Waals surface area contributed by atoms with Crippen LogP contribution in [0.25, 0.3) is 11.1 Å². The maximum absolute atomic E-state index is 14.4. The third-order valence-electron chi connectivity index (χ3n) is 11.3. The predicted molar refractivity (Wildman–Crippen MR) is 215 cm³/mol. The number of nitrogens with zero attached hydrogens (tertiary/aromatic N) is 2. The molecule has 0 saturated carbocycles. The van der Waals surface area contributed by atoms with Crippen LogP contribution in [0.5, 0.6) is 5.75 Å². The van der Waals surface area contributed by atoms with Crippen LogP contribution in [0.4, 0.5) is 9.59 Å². The summed E-state index contributed by atoms with van der Waals surface area (Å²) in [4.78, 5) is 31.3. The smallest absolute Gasteiger partial charge is 0.410 e. The van der Waals surface area contributed by atoms with E-state index >= 15 is 0 Å². The molecule has 2 bridgehead atoms. The second-order valence-corrected chi connectivity index (χ2v) is 19.7. The van der Waals surface area contributed by atoms with Gasteiger partial charge in [-0.05, 0) is 67.3 Å². The SMILES string of the molecule is C=CCOC(=O)N1C[C@@H]2Cc3ccc(O[Si](c4ccccc4)(c4ccccc4)C(C)(C)C)cc3[C@H](C1)N2C(=O)OCC1c2ccccc2-c2ccccc21. The van der Waals surface area contributed by atoms with Crippen molar-refractivity contribution in [3.8, 4) is 16.9 Å². The Morgan fingerprint density at radius 1 is 0.741 bits per heavy atom. The highest BCUT2D eigenvalue weighted by Gasteiger charge is 2.52. The molecular weight excluding hydrogens is 689 g/mol. The van der Waals surface area contributed by atoms with E-state index in [0.717, 1.165) is 28.0 Å². The summed E-state index contributed by atoms with van der Waals surface area (Å²) < 4.78 is 19.2. The van der Waals surface area contributed by atoms with Gasteiger partial charge in [0.1, 0.15) is 19.0 Å². The summed E-state index contributed by atoms with van der Waals surface area (Å²) in [5.41, 5.74) is 6.78. The molecule has 0 N–H and O–H groups in total. The van der Waals surface area contributed by atoms with Gasteiger partial charge in [0, 0.05) is 19.0 Å². The Hall–Kier alpha value is -5.60. The van der Waals surface area contributed by atoms with Gasteiger partial charge >= 0.3 is 20.5 Å². The first-order valence-corrected chi connectivity index (χ1v) is 20.7. The Balaban J connectivity index is 1.15. The molecule has 0 aromatic heterocycles. The highest BCUT2D eigenvalue weighted by molar-refractivity contribution is 7.00. The molecular formula is C46H46N2O5Si. The molecule has 0 spiro atoms. The zero-order valence-corrected chi connectivity index (χ0v) is 32.1. The van der Waals surface area contributed by atoms with Gasteiger partial charge in [-0.1, -0.05) is 149 Å². The molecule has 0 unspecified atom stereocenters. The maximum Gasteiger partial charge on any atom is 0.410 e. The predicted octanol–water partition coefficient (Wildman–Crippen LogP) is 8.48. The lowest BCUT2D eigenvalue weighted by Crippen LogP contribution is -2.68. The minimum atomic E-state index is -2.94. The number of carbonyl (C=O) groups is 2. The minimum Gasteiger partial charge on any atom is -0.534 e. The second kappa shape index (κ2) is 14.3. The summed E-state index contributed by atoms with van der Waals surface area (Å²) >= 11 is 0. The number of piperazine rings is 1. The van der Waals surface area contributed by atoms with E-state index in [1.807, 2.05) is 41.3 Å². The third kappa shape index (κ3) is 6.18. The van der Waals surface area contributed by atoms with E-state index in [0.29, 0.717) is 13.0 Å². The van der Waals surface area contributed by atoms with Gasteiger partial charge in [0.2, 0.25) is 0 Å². The molecule has 1 saturated heterocycles. The van der Waals surface area contributed by atoms with Gasteiger partial charge in [-0.25, -0.2) is 9.59 Å². The summed E-state index contributed by atoms with van der Waals surface area (Å²) in [6.45, 7) is 11.4. The molecule has 2 amide bonds. The van der Waals surface area contributed by atoms with E-state index < -0.39 is 20.5 Å². The molecule has 5 aromatic carbocycles. The van der Waals surface area contributed by atoms with Crippen molar-refractivity contribution in [3.63, 3.8) is 0 Å². The van der Waals surface area contributed by atoms with Crippen molar-refractivity contribution in [1.29, 1.82) is 0 Å². The molecule has 8 rings (SSSR count). The quantitative estimate of drug-likeness (QED) is 0.118. The third-order valence-corrected chi connectivity index (χ3v) is 16.3. The molecule has 3 aliphatic rings. The molecule has 54 heavy (non-hydrogen) atoms. The highest BCUT2D eigenvalue weighted by atomic mass is 28.4. The number of fused-ring (bicyclic) bond motifs is 7. The molecule has 274 valence electrons. The van der Waals surface area contributed by atoms with E-state index in [4.69, 9.17) is 13.9 Å². The Bertz CT molecular complexity index is 2100. The lowest BCUT2D eigenvalue weighted by atomic mass is 9.85. The minimum absolute atomic E-state index is 0.0601. The Morgan fingerprint density at radius 3 is 1.93 bits per heavy atom. The molecule has 7 nitrogen and oxygen atoms in total. The van der Waals surface area contributed by atoms with E-state index in [1.165, 1.54) is 21.5 Å². The fourth-order valence-electron chi connectivity index (χ4n) is 8.91. The normalized spacial score (nSPS) is 17.5. The van der Waals surface area contributed by atoms with E-state index in [1.54, 1.807) is 11.0 Å². The van der Waals surface area contributed by atoms with Crippen LogP contribution >= 0.6 is 0 Å². The van der Waals surface area contributed by atoms with Gasteiger partial charge in [-0.2, -0.15) is 0 Å². The molecule has 5 aromatic rings. The zero-order chi connectivity index (χ0) is 37.5. The van der Waals surface area contributed by atoms with Crippen molar-refractivity contribution in [2.45, 2.75) is 50.2 Å². The lowest BCUT2D eigenvalue weighted by Gasteiger charge is -2.49. The average Bonchev–Trinajstić information content (AvgIpc) is 3.51. The van der Waals surface area contributed by atoms with Crippen LogP contribution < -0.4 is 14.8 Å². The van der Waals surface area contributed by atoms with Gasteiger partial charge in [-0.3, -0.25) is 4.90 Å². The van der Waals surface area contributed by atoms with Gasteiger partial charge in [0.05, 0.1) is 12.1 Å². The van der Waals surface area contributed by atoms with Crippen LogP contribution in [0.2, 0.25) is 5.04 Å². The van der Waals surface area contributed by atoms with Crippen LogP contribution in [-0.4, -0.2) is 62.6 Å². The summed E-state index contributed by atoms with van der Waals surface area (Å²) in [6.07, 6.45) is 1.34. The van der Waals surface area contributed by atoms with Crippen molar-refractivity contribution < 1.29 is 23.5 Å². The molecule has 2 aliphatic heterocycles. The standard InChI is InChI=1S/C46H46N2O5Si/c1-5-26-51-44(49)47-29-33-27-32-24-25-34(53-54(46(2,3)4,35-16-8-6-9-17-35)36-18-10-7-11-19-36)28-41(32)43(30-47)48(33)45(50)52-31-42-39-22-14-12-20-37(39)38-21-13-15-23-40(38)42/h5-25,28,33,42-43H,1,26-27,29-31H2,2-4H3/t33-,43-/m0/s1. The van der Waals surface area contributed by atoms with Gasteiger partial charge < -0.3 is 18.8 Å². The summed E-state index contributed by atoms with van der Waals surface area (Å²) in [5, 5.41) is 2.12. The summed E-state index contributed by atoms with van der Waals surface area (Å²) in [5.74, 6) is 0.676. The highest BCUT2D eigenvalue weighted by Crippen LogP contribution is 2.46. The number of amides is 2. The second-order valence-electron chi connectivity index (χ2n) is 15.5. The fraction of sp³-hybridized carbons (Fsp3) is 0.261.